The van der Waals surface area contributed by atoms with E-state index in [0.29, 0.717) is 15.9 Å². The average molecular weight is 797 g/mol. The SMILES string of the molecule is O=C(Cl)CC1C(NC(=O)OCc2ccccc2[N+](=O)[O-])C(=O)N1P(CC(=O)OCc1ccccc1[N+](=O)[O-])(c1ccccc1)(c1ccccc1)c1ccccc1. The van der Waals surface area contributed by atoms with E-state index in [2.05, 4.69) is 5.32 Å². The summed E-state index contributed by atoms with van der Waals surface area (Å²) in [5.74, 6) is -1.47. The molecule has 0 aromatic heterocycles. The Morgan fingerprint density at radius 1 is 0.661 bits per heavy atom. The van der Waals surface area contributed by atoms with E-state index in [9.17, 15) is 39.4 Å². The quantitative estimate of drug-likeness (QED) is 0.0346. The van der Waals surface area contributed by atoms with Crippen LogP contribution in [0.1, 0.15) is 17.5 Å². The number of nitrogens with zero attached hydrogens (tertiary/aromatic N) is 3. The van der Waals surface area contributed by atoms with Crippen LogP contribution in [-0.2, 0) is 37.1 Å². The summed E-state index contributed by atoms with van der Waals surface area (Å²) >= 11 is 6.07. The summed E-state index contributed by atoms with van der Waals surface area (Å²) in [7, 11) is 0. The number of rotatable bonds is 15. The molecule has 14 nitrogen and oxygen atoms in total. The van der Waals surface area contributed by atoms with Crippen molar-refractivity contribution in [1.82, 2.24) is 9.99 Å². The van der Waals surface area contributed by atoms with Crippen molar-refractivity contribution in [2.75, 3.05) is 6.16 Å². The molecule has 1 fully saturated rings. The number of nitro groups is 2. The van der Waals surface area contributed by atoms with Crippen LogP contribution in [-0.4, -0.2) is 56.0 Å². The topological polar surface area (TPSA) is 188 Å². The molecule has 0 spiro atoms. The van der Waals surface area contributed by atoms with Crippen molar-refractivity contribution >= 4 is 68.9 Å². The summed E-state index contributed by atoms with van der Waals surface area (Å²) in [6.07, 6.45) is -2.02. The first kappa shape index (κ1) is 39.2. The van der Waals surface area contributed by atoms with E-state index >= 15 is 0 Å². The Labute approximate surface area is 325 Å². The fraction of sp³-hybridized carbons (Fsp3) is 0.150. The van der Waals surface area contributed by atoms with Gasteiger partial charge >= 0.3 is 326 Å². The van der Waals surface area contributed by atoms with E-state index in [0.717, 1.165) is 0 Å². The summed E-state index contributed by atoms with van der Waals surface area (Å²) in [5.41, 5.74) is -0.243. The predicted octanol–water partition coefficient (Wildman–Crippen LogP) is 5.65. The normalized spacial score (nSPS) is 15.7. The van der Waals surface area contributed by atoms with E-state index < -0.39 is 77.7 Å². The second-order valence-corrected chi connectivity index (χ2v) is 18.1. The average Bonchev–Trinajstić information content (AvgIpc) is 3.21. The Kier molecular flexibility index (Phi) is 11.5. The molecule has 5 aromatic carbocycles. The van der Waals surface area contributed by atoms with Crippen molar-refractivity contribution in [1.29, 1.82) is 0 Å². The fourth-order valence-electron chi connectivity index (χ4n) is 7.41. The molecule has 5 aromatic rings. The molecule has 0 radical (unpaired) electrons. The van der Waals surface area contributed by atoms with Crippen molar-refractivity contribution in [3.8, 4) is 0 Å². The van der Waals surface area contributed by atoms with Crippen LogP contribution in [0.2, 0.25) is 0 Å². The van der Waals surface area contributed by atoms with Crippen molar-refractivity contribution in [2.24, 2.45) is 0 Å². The third-order valence-corrected chi connectivity index (χ3v) is 16.5. The second kappa shape index (κ2) is 16.5. The van der Waals surface area contributed by atoms with Crippen molar-refractivity contribution in [3.05, 3.63) is 171 Å². The third kappa shape index (κ3) is 7.19. The van der Waals surface area contributed by atoms with Crippen molar-refractivity contribution < 1.29 is 38.5 Å². The van der Waals surface area contributed by atoms with Gasteiger partial charge in [0.1, 0.15) is 0 Å². The van der Waals surface area contributed by atoms with Crippen molar-refractivity contribution in [3.63, 3.8) is 0 Å². The van der Waals surface area contributed by atoms with Gasteiger partial charge in [0, 0.05) is 0 Å². The Morgan fingerprint density at radius 2 is 1.07 bits per heavy atom. The van der Waals surface area contributed by atoms with E-state index in [1.165, 1.54) is 41.1 Å². The molecule has 1 heterocycles. The van der Waals surface area contributed by atoms with Gasteiger partial charge in [0.05, 0.1) is 0 Å². The minimum atomic E-state index is -4.76. The number of hydrogen-bond donors (Lipinski definition) is 1. The molecule has 6 rings (SSSR count). The van der Waals surface area contributed by atoms with Gasteiger partial charge in [-0.1, -0.05) is 0 Å². The standard InChI is InChI=1S/C40H34ClN4O10P/c41-36(46)24-35-38(42-40(49)55-26-29-15-11-13-23-34(29)45(52)53)39(48)43(35)56(30-16-4-1-5-17-30,31-18-6-2-7-19-31,32-20-8-3-9-21-32)27-37(47)54-25-28-14-10-12-22-33(28)44(50)51/h1-23,35,38H,24-27H2,(H,42,49). The maximum absolute atomic E-state index is 15.0. The van der Waals surface area contributed by atoms with Crippen LogP contribution in [0.5, 0.6) is 0 Å². The summed E-state index contributed by atoms with van der Waals surface area (Å²) in [4.78, 5) is 77.8. The van der Waals surface area contributed by atoms with Gasteiger partial charge in [-0.15, -0.1) is 0 Å². The number of carbonyl (C=O) groups excluding carboxylic acids is 4. The van der Waals surface area contributed by atoms with Gasteiger partial charge in [-0.05, 0) is 0 Å². The molecular weight excluding hydrogens is 763 g/mol. The van der Waals surface area contributed by atoms with Crippen LogP contribution in [0.15, 0.2) is 140 Å². The van der Waals surface area contributed by atoms with Gasteiger partial charge in [0.2, 0.25) is 0 Å². The number of nitro benzene ring substituents is 2. The summed E-state index contributed by atoms with van der Waals surface area (Å²) in [6.45, 7) is -5.70. The number of β-lactam (4-membered cyclic amide) rings is 1. The molecule has 1 N–H and O–H groups in total. The number of halogens is 1. The number of para-hydroxylation sites is 2. The van der Waals surface area contributed by atoms with E-state index in [4.69, 9.17) is 21.1 Å². The molecule has 16 heteroatoms. The summed E-state index contributed by atoms with van der Waals surface area (Å²) in [6, 6.07) is 35.5. The first-order valence-corrected chi connectivity index (χ1v) is 20.0. The molecule has 2 atom stereocenters. The third-order valence-electron chi connectivity index (χ3n) is 9.81. The van der Waals surface area contributed by atoms with E-state index in [-0.39, 0.29) is 22.5 Å². The number of alkyl carbamates (subject to hydrolysis) is 1. The number of benzene rings is 5. The number of amides is 2. The molecule has 1 aliphatic heterocycles. The van der Waals surface area contributed by atoms with Gasteiger partial charge in [-0.2, -0.15) is 0 Å². The molecule has 0 aliphatic carbocycles. The molecule has 56 heavy (non-hydrogen) atoms. The van der Waals surface area contributed by atoms with Crippen molar-refractivity contribution in [2.45, 2.75) is 31.7 Å². The Balaban J connectivity index is 1.48. The van der Waals surface area contributed by atoms with Gasteiger partial charge in [0.25, 0.3) is 0 Å². The van der Waals surface area contributed by atoms with Gasteiger partial charge < -0.3 is 0 Å². The Bertz CT molecular complexity index is 2200. The Morgan fingerprint density at radius 3 is 1.50 bits per heavy atom. The predicted molar refractivity (Wildman–Crippen MR) is 209 cm³/mol. The molecular formula is C40H34ClN4O10P. The molecule has 0 saturated carbocycles. The molecule has 2 unspecified atom stereocenters. The van der Waals surface area contributed by atoms with Gasteiger partial charge in [-0.25, -0.2) is 0 Å². The molecule has 1 saturated heterocycles. The number of carbonyl (C=O) groups is 4. The van der Waals surface area contributed by atoms with Crippen LogP contribution in [0.3, 0.4) is 0 Å². The second-order valence-electron chi connectivity index (χ2n) is 12.9. The maximum atomic E-state index is 15.0. The van der Waals surface area contributed by atoms with Crippen LogP contribution in [0.4, 0.5) is 16.2 Å². The zero-order valence-electron chi connectivity index (χ0n) is 29.5. The van der Waals surface area contributed by atoms with E-state index in [1.54, 1.807) is 103 Å². The number of ether oxygens (including phenoxy) is 2. The number of nitrogens with one attached hydrogen (secondary N) is 1. The van der Waals surface area contributed by atoms with Crippen LogP contribution in [0.25, 0.3) is 0 Å². The van der Waals surface area contributed by atoms with Crippen LogP contribution < -0.4 is 21.2 Å². The van der Waals surface area contributed by atoms with Gasteiger partial charge in [0.15, 0.2) is 0 Å². The molecule has 1 aliphatic rings. The van der Waals surface area contributed by atoms with E-state index in [1.807, 2.05) is 0 Å². The minimum absolute atomic E-state index is 0.114. The molecule has 2 amide bonds. The Hall–Kier alpha value is -6.50. The summed E-state index contributed by atoms with van der Waals surface area (Å²) < 4.78 is 12.7. The monoisotopic (exact) mass is 796 g/mol. The summed E-state index contributed by atoms with van der Waals surface area (Å²) in [5, 5.41) is 26.6. The molecule has 0 bridgehead atoms. The number of esters is 1. The van der Waals surface area contributed by atoms with Crippen LogP contribution >= 0.6 is 18.4 Å². The number of hydrogen-bond acceptors (Lipinski definition) is 10. The zero-order valence-corrected chi connectivity index (χ0v) is 31.2. The van der Waals surface area contributed by atoms with Gasteiger partial charge in [-0.3, -0.25) is 0 Å². The first-order chi connectivity index (χ1) is 27.0. The first-order valence-electron chi connectivity index (χ1n) is 17.2. The zero-order chi connectivity index (χ0) is 39.9. The molecule has 286 valence electrons. The van der Waals surface area contributed by atoms with Crippen LogP contribution in [0, 0.1) is 20.2 Å². The fourth-order valence-corrected chi connectivity index (χ4v) is 14.4.